The highest BCUT2D eigenvalue weighted by Crippen LogP contribution is 2.33. The molecule has 25 heavy (non-hydrogen) atoms. The Morgan fingerprint density at radius 3 is 1.80 bits per heavy atom. The van der Waals surface area contributed by atoms with Gasteiger partial charge in [-0.05, 0) is 52.1 Å². The third-order valence-corrected chi connectivity index (χ3v) is 5.64. The molecule has 4 rings (SSSR count). The van der Waals surface area contributed by atoms with Crippen LogP contribution in [0.4, 0.5) is 0 Å². The standard InChI is InChI=1S/C14H10.C10H20O/c1-3-7-13-11(5-1)9-10-12-6-2-4-8-14(12)13;1-7(2)9-5-4-8(3)6-10(9)11/h1-10H;7-11H,4-6H2,1-3H3. The molecule has 0 spiro atoms. The highest BCUT2D eigenvalue weighted by molar-refractivity contribution is 6.07. The van der Waals surface area contributed by atoms with Crippen molar-refractivity contribution in [3.8, 4) is 0 Å². The van der Waals surface area contributed by atoms with E-state index in [0.717, 1.165) is 12.3 Å². The van der Waals surface area contributed by atoms with Crippen molar-refractivity contribution in [1.29, 1.82) is 0 Å². The molecule has 1 aliphatic rings. The van der Waals surface area contributed by atoms with Crippen LogP contribution in [-0.2, 0) is 0 Å². The Bertz CT molecular complexity index is 766. The molecule has 1 aliphatic carbocycles. The van der Waals surface area contributed by atoms with Crippen molar-refractivity contribution >= 4 is 21.5 Å². The summed E-state index contributed by atoms with van der Waals surface area (Å²) in [6, 6.07) is 21.4. The quantitative estimate of drug-likeness (QED) is 0.508. The molecule has 0 saturated heterocycles. The van der Waals surface area contributed by atoms with E-state index in [0.29, 0.717) is 11.8 Å². The number of rotatable bonds is 1. The number of hydrogen-bond donors (Lipinski definition) is 1. The summed E-state index contributed by atoms with van der Waals surface area (Å²) >= 11 is 0. The van der Waals surface area contributed by atoms with Gasteiger partial charge in [-0.3, -0.25) is 0 Å². The molecule has 0 heterocycles. The topological polar surface area (TPSA) is 20.2 Å². The molecule has 3 atom stereocenters. The molecule has 1 nitrogen and oxygen atoms in total. The molecule has 0 aliphatic heterocycles. The van der Waals surface area contributed by atoms with Gasteiger partial charge < -0.3 is 5.11 Å². The maximum atomic E-state index is 9.71. The van der Waals surface area contributed by atoms with Crippen molar-refractivity contribution in [3.05, 3.63) is 60.7 Å². The van der Waals surface area contributed by atoms with E-state index in [1.807, 2.05) is 0 Å². The molecule has 0 aromatic heterocycles. The van der Waals surface area contributed by atoms with Crippen LogP contribution in [0.25, 0.3) is 21.5 Å². The SMILES string of the molecule is CC1CCC(C(C)C)C(O)C1.c1ccc2c(c1)ccc1ccccc12. The van der Waals surface area contributed by atoms with E-state index < -0.39 is 0 Å². The zero-order valence-electron chi connectivity index (χ0n) is 15.7. The third-order valence-electron chi connectivity index (χ3n) is 5.64. The van der Waals surface area contributed by atoms with Crippen LogP contribution in [0.15, 0.2) is 60.7 Å². The summed E-state index contributed by atoms with van der Waals surface area (Å²) in [6.45, 7) is 6.66. The van der Waals surface area contributed by atoms with Crippen LogP contribution >= 0.6 is 0 Å². The first-order valence-corrected chi connectivity index (χ1v) is 9.61. The highest BCUT2D eigenvalue weighted by atomic mass is 16.3. The second-order valence-corrected chi connectivity index (χ2v) is 7.90. The van der Waals surface area contributed by atoms with Gasteiger partial charge in [0.25, 0.3) is 0 Å². The fraction of sp³-hybridized carbons (Fsp3) is 0.417. The molecule has 1 N–H and O–H groups in total. The summed E-state index contributed by atoms with van der Waals surface area (Å²) in [6.07, 6.45) is 3.52. The van der Waals surface area contributed by atoms with Crippen LogP contribution in [0.3, 0.4) is 0 Å². The Labute approximate surface area is 151 Å². The fourth-order valence-corrected chi connectivity index (χ4v) is 4.11. The molecular weight excluding hydrogens is 304 g/mol. The predicted octanol–water partition coefficient (Wildman–Crippen LogP) is 6.43. The first kappa shape index (κ1) is 17.9. The van der Waals surface area contributed by atoms with Crippen LogP contribution < -0.4 is 0 Å². The second-order valence-electron chi connectivity index (χ2n) is 7.90. The van der Waals surface area contributed by atoms with Gasteiger partial charge >= 0.3 is 0 Å². The van der Waals surface area contributed by atoms with Crippen LogP contribution in [0.5, 0.6) is 0 Å². The number of fused-ring (bicyclic) bond motifs is 3. The lowest BCUT2D eigenvalue weighted by Gasteiger charge is -2.33. The van der Waals surface area contributed by atoms with E-state index in [2.05, 4.69) is 81.4 Å². The molecular formula is C24H30O. The monoisotopic (exact) mass is 334 g/mol. The van der Waals surface area contributed by atoms with Gasteiger partial charge in [0.1, 0.15) is 0 Å². The number of aliphatic hydroxyl groups is 1. The van der Waals surface area contributed by atoms with E-state index in [4.69, 9.17) is 0 Å². The number of aliphatic hydroxyl groups excluding tert-OH is 1. The average Bonchev–Trinajstić information content (AvgIpc) is 2.62. The van der Waals surface area contributed by atoms with Gasteiger partial charge in [-0.15, -0.1) is 0 Å². The third kappa shape index (κ3) is 4.22. The summed E-state index contributed by atoms with van der Waals surface area (Å²) in [4.78, 5) is 0. The van der Waals surface area contributed by atoms with Gasteiger partial charge in [-0.1, -0.05) is 87.9 Å². The van der Waals surface area contributed by atoms with Crippen molar-refractivity contribution < 1.29 is 5.11 Å². The van der Waals surface area contributed by atoms with Crippen LogP contribution in [-0.4, -0.2) is 11.2 Å². The van der Waals surface area contributed by atoms with Crippen LogP contribution in [0.2, 0.25) is 0 Å². The van der Waals surface area contributed by atoms with Crippen molar-refractivity contribution in [1.82, 2.24) is 0 Å². The Morgan fingerprint density at radius 2 is 1.32 bits per heavy atom. The van der Waals surface area contributed by atoms with E-state index >= 15 is 0 Å². The van der Waals surface area contributed by atoms with E-state index in [-0.39, 0.29) is 6.10 Å². The lowest BCUT2D eigenvalue weighted by molar-refractivity contribution is 0.0266. The summed E-state index contributed by atoms with van der Waals surface area (Å²) in [5.74, 6) is 1.95. The highest BCUT2D eigenvalue weighted by Gasteiger charge is 2.28. The fourth-order valence-electron chi connectivity index (χ4n) is 4.11. The summed E-state index contributed by atoms with van der Waals surface area (Å²) in [5, 5.41) is 15.0. The normalized spacial score (nSPS) is 23.5. The molecule has 3 aromatic carbocycles. The van der Waals surface area contributed by atoms with Crippen molar-refractivity contribution in [2.45, 2.75) is 46.1 Å². The second kappa shape index (κ2) is 8.01. The van der Waals surface area contributed by atoms with Gasteiger partial charge in [-0.2, -0.15) is 0 Å². The first-order valence-electron chi connectivity index (χ1n) is 9.61. The van der Waals surface area contributed by atoms with Crippen molar-refractivity contribution in [3.63, 3.8) is 0 Å². The molecule has 0 bridgehead atoms. The maximum absolute atomic E-state index is 9.71. The number of hydrogen-bond acceptors (Lipinski definition) is 1. The smallest absolute Gasteiger partial charge is 0.0573 e. The van der Waals surface area contributed by atoms with Crippen molar-refractivity contribution in [2.24, 2.45) is 17.8 Å². The Balaban J connectivity index is 0.000000151. The van der Waals surface area contributed by atoms with Gasteiger partial charge in [-0.25, -0.2) is 0 Å². The minimum absolute atomic E-state index is 0.0289. The van der Waals surface area contributed by atoms with E-state index in [1.54, 1.807) is 0 Å². The lowest BCUT2D eigenvalue weighted by Crippen LogP contribution is -2.31. The molecule has 1 saturated carbocycles. The first-order chi connectivity index (χ1) is 12.1. The van der Waals surface area contributed by atoms with Gasteiger partial charge in [0.05, 0.1) is 6.10 Å². The Morgan fingerprint density at radius 1 is 0.800 bits per heavy atom. The minimum atomic E-state index is -0.0289. The summed E-state index contributed by atoms with van der Waals surface area (Å²) in [5.41, 5.74) is 0. The Kier molecular flexibility index (Phi) is 5.75. The molecule has 3 aromatic rings. The predicted molar refractivity (Wildman–Crippen MR) is 109 cm³/mol. The van der Waals surface area contributed by atoms with Gasteiger partial charge in [0.15, 0.2) is 0 Å². The van der Waals surface area contributed by atoms with Gasteiger partial charge in [0.2, 0.25) is 0 Å². The minimum Gasteiger partial charge on any atom is -0.393 e. The molecule has 0 amide bonds. The van der Waals surface area contributed by atoms with E-state index in [9.17, 15) is 5.11 Å². The van der Waals surface area contributed by atoms with Crippen LogP contribution in [0.1, 0.15) is 40.0 Å². The molecule has 132 valence electrons. The molecule has 0 radical (unpaired) electrons. The Hall–Kier alpha value is -1.86. The summed E-state index contributed by atoms with van der Waals surface area (Å²) < 4.78 is 0. The molecule has 1 heteroatoms. The number of benzene rings is 3. The average molecular weight is 335 g/mol. The zero-order chi connectivity index (χ0) is 17.8. The molecule has 1 fully saturated rings. The van der Waals surface area contributed by atoms with E-state index in [1.165, 1.54) is 34.4 Å². The van der Waals surface area contributed by atoms with Crippen molar-refractivity contribution in [2.75, 3.05) is 0 Å². The zero-order valence-corrected chi connectivity index (χ0v) is 15.7. The van der Waals surface area contributed by atoms with Crippen LogP contribution in [0, 0.1) is 17.8 Å². The summed E-state index contributed by atoms with van der Waals surface area (Å²) in [7, 11) is 0. The van der Waals surface area contributed by atoms with Gasteiger partial charge in [0, 0.05) is 0 Å². The largest absolute Gasteiger partial charge is 0.393 e. The lowest BCUT2D eigenvalue weighted by atomic mass is 9.75. The molecule has 3 unspecified atom stereocenters. The maximum Gasteiger partial charge on any atom is 0.0573 e.